The molecule has 35 heavy (non-hydrogen) atoms. The van der Waals surface area contributed by atoms with Crippen LogP contribution in [0.15, 0.2) is 48.5 Å². The summed E-state index contributed by atoms with van der Waals surface area (Å²) in [5, 5.41) is 12.0. The number of benzene rings is 2. The lowest BCUT2D eigenvalue weighted by atomic mass is 10.0. The highest BCUT2D eigenvalue weighted by Crippen LogP contribution is 2.20. The van der Waals surface area contributed by atoms with Crippen molar-refractivity contribution in [2.75, 3.05) is 6.54 Å². The van der Waals surface area contributed by atoms with Crippen LogP contribution in [-0.2, 0) is 27.3 Å². The standard InChI is InChI=1S/C26H32FN3O5/c1-2-23(26(33)34)35-20-11-9-17(10-12-20)16-29-25(32)22-8-5-13-30(22)24(31)15-19(28)14-18-6-3-4-7-21(18)27/h3-4,6-7,9-12,19,22-23H,2,5,8,13-16,28H2,1H3,(H,29,32)(H,33,34)/t19?,22-,23?/m0/s1. The lowest BCUT2D eigenvalue weighted by Crippen LogP contribution is -2.47. The third-order valence-corrected chi connectivity index (χ3v) is 6.07. The number of carbonyl (C=O) groups is 3. The first-order valence-corrected chi connectivity index (χ1v) is 11.8. The molecule has 3 rings (SSSR count). The Labute approximate surface area is 204 Å². The summed E-state index contributed by atoms with van der Waals surface area (Å²) < 4.78 is 19.3. The van der Waals surface area contributed by atoms with Gasteiger partial charge in [-0.25, -0.2) is 9.18 Å². The first-order chi connectivity index (χ1) is 16.8. The van der Waals surface area contributed by atoms with Crippen molar-refractivity contribution in [2.24, 2.45) is 5.73 Å². The van der Waals surface area contributed by atoms with Crippen LogP contribution in [0.5, 0.6) is 5.75 Å². The van der Waals surface area contributed by atoms with Gasteiger partial charge < -0.3 is 25.8 Å². The molecule has 188 valence electrons. The van der Waals surface area contributed by atoms with Crippen LogP contribution in [0.4, 0.5) is 4.39 Å². The molecule has 1 fully saturated rings. The molecule has 2 unspecified atom stereocenters. The molecule has 4 N–H and O–H groups in total. The second kappa shape index (κ2) is 12.3. The number of nitrogens with two attached hydrogens (primary N) is 1. The predicted molar refractivity (Wildman–Crippen MR) is 128 cm³/mol. The second-order valence-corrected chi connectivity index (χ2v) is 8.72. The number of halogens is 1. The van der Waals surface area contributed by atoms with Crippen LogP contribution in [-0.4, -0.2) is 52.5 Å². The van der Waals surface area contributed by atoms with Crippen molar-refractivity contribution in [3.05, 3.63) is 65.5 Å². The highest BCUT2D eigenvalue weighted by atomic mass is 19.1. The third kappa shape index (κ3) is 7.26. The molecule has 1 aliphatic rings. The number of likely N-dealkylation sites (tertiary alicyclic amines) is 1. The Morgan fingerprint density at radius 2 is 1.91 bits per heavy atom. The monoisotopic (exact) mass is 485 g/mol. The molecule has 0 saturated carbocycles. The Morgan fingerprint density at radius 3 is 2.57 bits per heavy atom. The van der Waals surface area contributed by atoms with Gasteiger partial charge in [-0.05, 0) is 55.0 Å². The van der Waals surface area contributed by atoms with Crippen LogP contribution in [0.2, 0.25) is 0 Å². The number of nitrogens with zero attached hydrogens (tertiary/aromatic N) is 1. The number of amides is 2. The van der Waals surface area contributed by atoms with Gasteiger partial charge in [0.2, 0.25) is 11.8 Å². The van der Waals surface area contributed by atoms with E-state index in [1.807, 2.05) is 0 Å². The van der Waals surface area contributed by atoms with Crippen LogP contribution in [0.25, 0.3) is 0 Å². The molecule has 1 saturated heterocycles. The van der Waals surface area contributed by atoms with Crippen LogP contribution < -0.4 is 15.8 Å². The van der Waals surface area contributed by atoms with Crippen molar-refractivity contribution in [1.29, 1.82) is 0 Å². The molecular formula is C26H32FN3O5. The van der Waals surface area contributed by atoms with E-state index in [1.54, 1.807) is 54.3 Å². The smallest absolute Gasteiger partial charge is 0.344 e. The van der Waals surface area contributed by atoms with Crippen molar-refractivity contribution in [3.63, 3.8) is 0 Å². The Kier molecular flexibility index (Phi) is 9.19. The number of carboxylic acids is 1. The lowest BCUT2D eigenvalue weighted by molar-refractivity contribution is -0.145. The zero-order valence-corrected chi connectivity index (χ0v) is 19.8. The van der Waals surface area contributed by atoms with Crippen molar-refractivity contribution < 1.29 is 28.6 Å². The number of aliphatic carboxylic acids is 1. The molecule has 8 nitrogen and oxygen atoms in total. The van der Waals surface area contributed by atoms with Crippen LogP contribution >= 0.6 is 0 Å². The summed E-state index contributed by atoms with van der Waals surface area (Å²) in [7, 11) is 0. The minimum absolute atomic E-state index is 0.0364. The summed E-state index contributed by atoms with van der Waals surface area (Å²) in [6.45, 7) is 2.48. The van der Waals surface area contributed by atoms with Crippen molar-refractivity contribution in [2.45, 2.75) is 63.8 Å². The number of hydrogen-bond acceptors (Lipinski definition) is 5. The maximum absolute atomic E-state index is 13.9. The first-order valence-electron chi connectivity index (χ1n) is 11.8. The first kappa shape index (κ1) is 26.2. The molecule has 3 atom stereocenters. The van der Waals surface area contributed by atoms with Gasteiger partial charge in [-0.1, -0.05) is 37.3 Å². The van der Waals surface area contributed by atoms with E-state index in [9.17, 15) is 18.8 Å². The Bertz CT molecular complexity index is 1030. The van der Waals surface area contributed by atoms with Gasteiger partial charge in [-0.15, -0.1) is 0 Å². The average Bonchev–Trinajstić information content (AvgIpc) is 3.33. The SMILES string of the molecule is CCC(Oc1ccc(CNC(=O)[C@@H]2CCCN2C(=O)CC(N)Cc2ccccc2F)cc1)C(=O)O. The van der Waals surface area contributed by atoms with Gasteiger partial charge >= 0.3 is 5.97 Å². The van der Waals surface area contributed by atoms with E-state index in [0.717, 1.165) is 12.0 Å². The average molecular weight is 486 g/mol. The van der Waals surface area contributed by atoms with Gasteiger partial charge in [-0.2, -0.15) is 0 Å². The molecule has 1 aliphatic heterocycles. The maximum Gasteiger partial charge on any atom is 0.344 e. The molecule has 0 aromatic heterocycles. The molecule has 0 spiro atoms. The molecular weight excluding hydrogens is 453 g/mol. The maximum atomic E-state index is 13.9. The lowest BCUT2D eigenvalue weighted by Gasteiger charge is -2.25. The number of carbonyl (C=O) groups excluding carboxylic acids is 2. The molecule has 0 aliphatic carbocycles. The fourth-order valence-electron chi connectivity index (χ4n) is 4.16. The van der Waals surface area contributed by atoms with Gasteiger partial charge in [0.15, 0.2) is 6.10 Å². The van der Waals surface area contributed by atoms with Crippen molar-refractivity contribution >= 4 is 17.8 Å². The molecule has 9 heteroatoms. The number of rotatable bonds is 11. The number of carboxylic acid groups (broad SMARTS) is 1. The van der Waals surface area contributed by atoms with Crippen LogP contribution in [0.3, 0.4) is 0 Å². The minimum Gasteiger partial charge on any atom is -0.479 e. The third-order valence-electron chi connectivity index (χ3n) is 6.07. The van der Waals surface area contributed by atoms with Crippen molar-refractivity contribution in [3.8, 4) is 5.75 Å². The van der Waals surface area contributed by atoms with Gasteiger partial charge in [-0.3, -0.25) is 9.59 Å². The summed E-state index contributed by atoms with van der Waals surface area (Å²) in [6, 6.07) is 12.1. The second-order valence-electron chi connectivity index (χ2n) is 8.72. The normalized spacial score (nSPS) is 17.0. The molecule has 1 heterocycles. The Hall–Kier alpha value is -3.46. The van der Waals surface area contributed by atoms with E-state index >= 15 is 0 Å². The zero-order chi connectivity index (χ0) is 25.4. The van der Waals surface area contributed by atoms with E-state index in [1.165, 1.54) is 6.07 Å². The van der Waals surface area contributed by atoms with E-state index in [4.69, 9.17) is 15.6 Å². The van der Waals surface area contributed by atoms with Gasteiger partial charge in [0.25, 0.3) is 0 Å². The van der Waals surface area contributed by atoms with Crippen LogP contribution in [0, 0.1) is 5.82 Å². The largest absolute Gasteiger partial charge is 0.479 e. The van der Waals surface area contributed by atoms with Gasteiger partial charge in [0, 0.05) is 25.6 Å². The minimum atomic E-state index is -1.02. The zero-order valence-electron chi connectivity index (χ0n) is 19.8. The quantitative estimate of drug-likeness (QED) is 0.450. The highest BCUT2D eigenvalue weighted by molar-refractivity contribution is 5.88. The van der Waals surface area contributed by atoms with E-state index in [0.29, 0.717) is 30.7 Å². The number of nitrogens with one attached hydrogen (secondary N) is 1. The van der Waals surface area contributed by atoms with Crippen LogP contribution in [0.1, 0.15) is 43.7 Å². The summed E-state index contributed by atoms with van der Waals surface area (Å²) in [5.74, 6) is -1.38. The van der Waals surface area contributed by atoms with Crippen molar-refractivity contribution in [1.82, 2.24) is 10.2 Å². The fraction of sp³-hybridized carbons (Fsp3) is 0.423. The van der Waals surface area contributed by atoms with Gasteiger partial charge in [0.1, 0.15) is 17.6 Å². The van der Waals surface area contributed by atoms with Gasteiger partial charge in [0.05, 0.1) is 0 Å². The molecule has 2 amide bonds. The predicted octanol–water partition coefficient (Wildman–Crippen LogP) is 2.63. The Balaban J connectivity index is 1.50. The summed E-state index contributed by atoms with van der Waals surface area (Å²) in [6.07, 6.45) is 1.01. The van der Waals surface area contributed by atoms with E-state index < -0.39 is 24.2 Å². The fourth-order valence-corrected chi connectivity index (χ4v) is 4.16. The molecule has 0 radical (unpaired) electrons. The molecule has 0 bridgehead atoms. The summed E-state index contributed by atoms with van der Waals surface area (Å²) >= 11 is 0. The molecule has 2 aromatic carbocycles. The number of hydrogen-bond donors (Lipinski definition) is 3. The topological polar surface area (TPSA) is 122 Å². The highest BCUT2D eigenvalue weighted by Gasteiger charge is 2.34. The van der Waals surface area contributed by atoms with E-state index in [2.05, 4.69) is 5.32 Å². The Morgan fingerprint density at radius 1 is 1.20 bits per heavy atom. The summed E-state index contributed by atoms with van der Waals surface area (Å²) in [4.78, 5) is 38.3. The number of ether oxygens (including phenoxy) is 1. The van der Waals surface area contributed by atoms with E-state index in [-0.39, 0.29) is 37.0 Å². The molecule has 2 aromatic rings. The summed E-state index contributed by atoms with van der Waals surface area (Å²) in [5.41, 5.74) is 7.39.